The molecule has 7 heteroatoms. The molecule has 0 saturated carbocycles. The van der Waals surface area contributed by atoms with Gasteiger partial charge in [-0.2, -0.15) is 0 Å². The molecular formula is C18H16N2O5. The molecule has 0 N–H and O–H groups in total. The summed E-state index contributed by atoms with van der Waals surface area (Å²) in [6, 6.07) is 11.2. The second-order valence-electron chi connectivity index (χ2n) is 5.58. The van der Waals surface area contributed by atoms with Gasteiger partial charge >= 0.3 is 5.97 Å². The number of carbonyl (C=O) groups is 2. The number of benzene rings is 2. The molecule has 1 aliphatic rings. The lowest BCUT2D eigenvalue weighted by atomic mass is 10.1. The SMILES string of the molecule is CCOC(=O)c1cc(C(=O)N2CCc3ccccc32)cc([N+](=O)[O-])c1. The van der Waals surface area contributed by atoms with E-state index in [0.29, 0.717) is 6.54 Å². The topological polar surface area (TPSA) is 89.8 Å². The van der Waals surface area contributed by atoms with Crippen molar-refractivity contribution in [3.05, 3.63) is 69.3 Å². The number of para-hydroxylation sites is 1. The Labute approximate surface area is 144 Å². The summed E-state index contributed by atoms with van der Waals surface area (Å²) in [5, 5.41) is 11.2. The van der Waals surface area contributed by atoms with Crippen LogP contribution in [0.3, 0.4) is 0 Å². The molecule has 0 spiro atoms. The van der Waals surface area contributed by atoms with Gasteiger partial charge in [-0.25, -0.2) is 4.79 Å². The van der Waals surface area contributed by atoms with Gasteiger partial charge in [-0.15, -0.1) is 0 Å². The van der Waals surface area contributed by atoms with E-state index in [4.69, 9.17) is 4.74 Å². The van der Waals surface area contributed by atoms with Crippen LogP contribution in [0.4, 0.5) is 11.4 Å². The zero-order valence-corrected chi connectivity index (χ0v) is 13.6. The molecule has 0 fully saturated rings. The van der Waals surface area contributed by atoms with E-state index in [1.807, 2.05) is 24.3 Å². The van der Waals surface area contributed by atoms with E-state index in [2.05, 4.69) is 0 Å². The van der Waals surface area contributed by atoms with Crippen LogP contribution in [0.15, 0.2) is 42.5 Å². The number of nitro benzene ring substituents is 1. The molecule has 1 aliphatic heterocycles. The van der Waals surface area contributed by atoms with Crippen molar-refractivity contribution in [2.75, 3.05) is 18.1 Å². The number of nitrogens with zero attached hydrogens (tertiary/aromatic N) is 2. The molecule has 1 amide bonds. The Hall–Kier alpha value is -3.22. The summed E-state index contributed by atoms with van der Waals surface area (Å²) >= 11 is 0. The predicted octanol–water partition coefficient (Wildman–Crippen LogP) is 2.97. The van der Waals surface area contributed by atoms with E-state index in [1.165, 1.54) is 12.1 Å². The van der Waals surface area contributed by atoms with Gasteiger partial charge in [-0.1, -0.05) is 18.2 Å². The highest BCUT2D eigenvalue weighted by Gasteiger charge is 2.27. The van der Waals surface area contributed by atoms with Crippen molar-refractivity contribution in [2.24, 2.45) is 0 Å². The predicted molar refractivity (Wildman–Crippen MR) is 90.9 cm³/mol. The van der Waals surface area contributed by atoms with Gasteiger partial charge < -0.3 is 9.64 Å². The zero-order chi connectivity index (χ0) is 18.0. The normalized spacial score (nSPS) is 12.6. The monoisotopic (exact) mass is 340 g/mol. The van der Waals surface area contributed by atoms with E-state index in [1.54, 1.807) is 11.8 Å². The van der Waals surface area contributed by atoms with Gasteiger partial charge in [0, 0.05) is 29.9 Å². The van der Waals surface area contributed by atoms with Crippen LogP contribution in [-0.2, 0) is 11.2 Å². The third kappa shape index (κ3) is 3.21. The molecule has 0 saturated heterocycles. The van der Waals surface area contributed by atoms with Crippen molar-refractivity contribution in [2.45, 2.75) is 13.3 Å². The number of fused-ring (bicyclic) bond motifs is 1. The van der Waals surface area contributed by atoms with E-state index in [-0.39, 0.29) is 29.3 Å². The summed E-state index contributed by atoms with van der Waals surface area (Å²) in [4.78, 5) is 36.9. The van der Waals surface area contributed by atoms with Crippen LogP contribution >= 0.6 is 0 Å². The molecule has 2 aromatic carbocycles. The van der Waals surface area contributed by atoms with Crippen molar-refractivity contribution in [1.29, 1.82) is 0 Å². The fourth-order valence-electron chi connectivity index (χ4n) is 2.88. The largest absolute Gasteiger partial charge is 0.462 e. The van der Waals surface area contributed by atoms with Crippen LogP contribution < -0.4 is 4.90 Å². The number of nitro groups is 1. The summed E-state index contributed by atoms with van der Waals surface area (Å²) in [7, 11) is 0. The van der Waals surface area contributed by atoms with Crippen LogP contribution in [0.25, 0.3) is 0 Å². The lowest BCUT2D eigenvalue weighted by Crippen LogP contribution is -2.29. The second-order valence-corrected chi connectivity index (χ2v) is 5.58. The minimum absolute atomic E-state index is 0.00752. The first-order valence-corrected chi connectivity index (χ1v) is 7.87. The highest BCUT2D eigenvalue weighted by atomic mass is 16.6. The van der Waals surface area contributed by atoms with Crippen molar-refractivity contribution >= 4 is 23.3 Å². The van der Waals surface area contributed by atoms with Crippen molar-refractivity contribution in [1.82, 2.24) is 0 Å². The molecule has 1 heterocycles. The maximum absolute atomic E-state index is 12.9. The van der Waals surface area contributed by atoms with E-state index >= 15 is 0 Å². The van der Waals surface area contributed by atoms with Gasteiger partial charge in [0.2, 0.25) is 0 Å². The highest BCUT2D eigenvalue weighted by molar-refractivity contribution is 6.08. The maximum atomic E-state index is 12.9. The lowest BCUT2D eigenvalue weighted by Gasteiger charge is -2.17. The first-order valence-electron chi connectivity index (χ1n) is 7.87. The molecule has 2 aromatic rings. The molecule has 128 valence electrons. The van der Waals surface area contributed by atoms with Crippen LogP contribution in [0, 0.1) is 10.1 Å². The van der Waals surface area contributed by atoms with Crippen molar-refractivity contribution in [3.8, 4) is 0 Å². The molecule has 0 radical (unpaired) electrons. The van der Waals surface area contributed by atoms with E-state index in [9.17, 15) is 19.7 Å². The van der Waals surface area contributed by atoms with Crippen LogP contribution in [0.2, 0.25) is 0 Å². The first kappa shape index (κ1) is 16.6. The average Bonchev–Trinajstić information content (AvgIpc) is 3.05. The number of amides is 1. The summed E-state index contributed by atoms with van der Waals surface area (Å²) in [6.07, 6.45) is 0.724. The third-order valence-electron chi connectivity index (χ3n) is 4.02. The maximum Gasteiger partial charge on any atom is 0.338 e. The fourth-order valence-corrected chi connectivity index (χ4v) is 2.88. The molecule has 0 atom stereocenters. The molecule has 0 unspecified atom stereocenters. The Morgan fingerprint density at radius 1 is 1.20 bits per heavy atom. The summed E-state index contributed by atoms with van der Waals surface area (Å²) < 4.78 is 4.89. The third-order valence-corrected chi connectivity index (χ3v) is 4.02. The molecule has 3 rings (SSSR count). The Morgan fingerprint density at radius 3 is 2.64 bits per heavy atom. The lowest BCUT2D eigenvalue weighted by molar-refractivity contribution is -0.384. The minimum atomic E-state index is -0.693. The smallest absolute Gasteiger partial charge is 0.338 e. The van der Waals surface area contributed by atoms with Crippen molar-refractivity contribution < 1.29 is 19.2 Å². The van der Waals surface area contributed by atoms with Gasteiger partial charge in [0.15, 0.2) is 0 Å². The average molecular weight is 340 g/mol. The van der Waals surface area contributed by atoms with Crippen LogP contribution in [0.1, 0.15) is 33.2 Å². The highest BCUT2D eigenvalue weighted by Crippen LogP contribution is 2.30. The molecule has 0 aliphatic carbocycles. The fraction of sp³-hybridized carbons (Fsp3) is 0.222. The second kappa shape index (κ2) is 6.72. The number of carbonyl (C=O) groups excluding carboxylic acids is 2. The summed E-state index contributed by atoms with van der Waals surface area (Å²) in [5.74, 6) is -1.07. The number of non-ortho nitro benzene ring substituents is 1. The number of ether oxygens (including phenoxy) is 1. The Morgan fingerprint density at radius 2 is 1.92 bits per heavy atom. The standard InChI is InChI=1S/C18H16N2O5/c1-2-25-18(22)14-9-13(10-15(11-14)20(23)24)17(21)19-8-7-12-5-3-4-6-16(12)19/h3-6,9-11H,2,7-8H2,1H3. The molecule has 7 nitrogen and oxygen atoms in total. The van der Waals surface area contributed by atoms with Gasteiger partial charge in [-0.3, -0.25) is 14.9 Å². The number of esters is 1. The van der Waals surface area contributed by atoms with Gasteiger partial charge in [0.05, 0.1) is 17.1 Å². The summed E-state index contributed by atoms with van der Waals surface area (Å²) in [5.41, 5.74) is 1.60. The Bertz CT molecular complexity index is 862. The van der Waals surface area contributed by atoms with Gasteiger partial charge in [-0.05, 0) is 31.0 Å². The number of rotatable bonds is 4. The number of hydrogen-bond acceptors (Lipinski definition) is 5. The van der Waals surface area contributed by atoms with Gasteiger partial charge in [0.1, 0.15) is 0 Å². The molecule has 0 bridgehead atoms. The molecule has 0 aromatic heterocycles. The van der Waals surface area contributed by atoms with Gasteiger partial charge in [0.25, 0.3) is 11.6 Å². The number of anilines is 1. The van der Waals surface area contributed by atoms with Crippen LogP contribution in [0.5, 0.6) is 0 Å². The minimum Gasteiger partial charge on any atom is -0.462 e. The van der Waals surface area contributed by atoms with E-state index < -0.39 is 10.9 Å². The Kier molecular flexibility index (Phi) is 4.47. The molecular weight excluding hydrogens is 324 g/mol. The quantitative estimate of drug-likeness (QED) is 0.485. The van der Waals surface area contributed by atoms with Crippen molar-refractivity contribution in [3.63, 3.8) is 0 Å². The summed E-state index contributed by atoms with van der Waals surface area (Å²) in [6.45, 7) is 2.28. The van der Waals surface area contributed by atoms with E-state index in [0.717, 1.165) is 23.7 Å². The number of hydrogen-bond donors (Lipinski definition) is 0. The Balaban J connectivity index is 2.00. The van der Waals surface area contributed by atoms with Crippen LogP contribution in [-0.4, -0.2) is 30.0 Å². The first-order chi connectivity index (χ1) is 12.0. The molecule has 25 heavy (non-hydrogen) atoms. The zero-order valence-electron chi connectivity index (χ0n) is 13.6.